The maximum atomic E-state index is 2.68. The molecule has 12 rings (SSSR count). The first kappa shape index (κ1) is 44.6. The molecule has 0 amide bonds. The molecule has 2 nitrogen and oxygen atoms in total. The number of nitrogens with zero attached hydrogens (tertiary/aromatic N) is 2. The van der Waals surface area contributed by atoms with Gasteiger partial charge in [0.25, 0.3) is 6.71 Å². The first-order valence-electron chi connectivity index (χ1n) is 25.3. The molecule has 0 bridgehead atoms. The molecule has 2 aliphatic rings. The van der Waals surface area contributed by atoms with Gasteiger partial charge in [-0.2, -0.15) is 0 Å². The molecular weight excluding hydrogens is 864 g/mol. The largest absolute Gasteiger partial charge is 0.311 e. The van der Waals surface area contributed by atoms with Crippen molar-refractivity contribution in [3.05, 3.63) is 186 Å². The van der Waals surface area contributed by atoms with Crippen molar-refractivity contribution >= 4 is 110 Å². The highest BCUT2D eigenvalue weighted by Crippen LogP contribution is 2.52. The van der Waals surface area contributed by atoms with Gasteiger partial charge in [0.2, 0.25) is 0 Å². The highest BCUT2D eigenvalue weighted by atomic mass is 32.1. The Hall–Kier alpha value is -6.62. The topological polar surface area (TPSA) is 6.48 Å². The zero-order valence-electron chi connectivity index (χ0n) is 43.0. The van der Waals surface area contributed by atoms with Crippen molar-refractivity contribution in [3.63, 3.8) is 0 Å². The van der Waals surface area contributed by atoms with Crippen molar-refractivity contribution in [1.82, 2.24) is 0 Å². The fraction of sp³-hybridized carbons (Fsp3) is 0.242. The van der Waals surface area contributed by atoms with Crippen LogP contribution in [0.15, 0.2) is 164 Å². The van der Waals surface area contributed by atoms with Gasteiger partial charge in [0.1, 0.15) is 0 Å². The maximum Gasteiger partial charge on any atom is 0.252 e. The lowest BCUT2D eigenvalue weighted by Crippen LogP contribution is -2.61. The molecule has 346 valence electrons. The van der Waals surface area contributed by atoms with Crippen LogP contribution in [0.3, 0.4) is 0 Å². The van der Waals surface area contributed by atoms with Gasteiger partial charge in [-0.25, -0.2) is 0 Å². The molecule has 0 unspecified atom stereocenters. The summed E-state index contributed by atoms with van der Waals surface area (Å²) in [6.45, 7) is 28.3. The normalized spacial score (nSPS) is 13.9. The second kappa shape index (κ2) is 15.4. The first-order valence-corrected chi connectivity index (χ1v) is 26.1. The lowest BCUT2D eigenvalue weighted by atomic mass is 9.33. The van der Waals surface area contributed by atoms with Crippen LogP contribution < -0.4 is 26.2 Å². The van der Waals surface area contributed by atoms with Crippen molar-refractivity contribution in [1.29, 1.82) is 0 Å². The van der Waals surface area contributed by atoms with E-state index in [4.69, 9.17) is 0 Å². The highest BCUT2D eigenvalue weighted by molar-refractivity contribution is 7.26. The summed E-state index contributed by atoms with van der Waals surface area (Å²) in [4.78, 5) is 5.37. The van der Waals surface area contributed by atoms with Crippen LogP contribution in [0.5, 0.6) is 0 Å². The molecule has 0 atom stereocenters. The molecule has 4 heteroatoms. The smallest absolute Gasteiger partial charge is 0.252 e. The van der Waals surface area contributed by atoms with Crippen LogP contribution >= 0.6 is 11.3 Å². The van der Waals surface area contributed by atoms with Crippen LogP contribution in [0.1, 0.15) is 105 Å². The van der Waals surface area contributed by atoms with E-state index < -0.39 is 0 Å². The van der Waals surface area contributed by atoms with Gasteiger partial charge in [-0.15, -0.1) is 11.3 Å². The van der Waals surface area contributed by atoms with E-state index in [2.05, 4.69) is 257 Å². The standard InChI is InChI=1S/C66H63BN2S/c1-63(2,3)43-34-44(64(4,5)6)37-47(36-43)68-55-32-42(49-25-19-27-58-59(49)52-24-17-18-26-57(52)70-58)33-56-60(55)67(53-30-28-40-20-13-15-22-50(40)61(53)68)54-31-29-41-21-14-16-23-51(41)62(54)69(56)48-38-45(65(7,8)9)35-46(39-48)66(10,11)12/h13-39H,1-12H3. The third-order valence-corrected chi connectivity index (χ3v) is 16.5. The summed E-state index contributed by atoms with van der Waals surface area (Å²) in [5.41, 5.74) is 18.9. The van der Waals surface area contributed by atoms with Crippen LogP contribution in [-0.4, -0.2) is 6.71 Å². The van der Waals surface area contributed by atoms with Crippen LogP contribution in [0, 0.1) is 0 Å². The Morgan fingerprint density at radius 2 is 0.800 bits per heavy atom. The van der Waals surface area contributed by atoms with Gasteiger partial charge in [-0.3, -0.25) is 0 Å². The van der Waals surface area contributed by atoms with Crippen LogP contribution in [0.25, 0.3) is 52.8 Å². The summed E-state index contributed by atoms with van der Waals surface area (Å²) < 4.78 is 2.63. The number of anilines is 6. The number of fused-ring (bicyclic) bond motifs is 11. The number of rotatable bonds is 3. The quantitative estimate of drug-likeness (QED) is 0.163. The summed E-state index contributed by atoms with van der Waals surface area (Å²) in [6.07, 6.45) is 0. The molecule has 0 saturated carbocycles. The van der Waals surface area contributed by atoms with Crippen molar-refractivity contribution in [3.8, 4) is 11.1 Å². The van der Waals surface area contributed by atoms with Crippen LogP contribution in [0.2, 0.25) is 0 Å². The van der Waals surface area contributed by atoms with Crippen LogP contribution in [-0.2, 0) is 21.7 Å². The first-order chi connectivity index (χ1) is 33.2. The average Bonchev–Trinajstić information content (AvgIpc) is 3.71. The molecule has 3 heterocycles. The molecule has 0 spiro atoms. The fourth-order valence-electron chi connectivity index (χ4n) is 11.4. The van der Waals surface area contributed by atoms with Crippen molar-refractivity contribution in [2.75, 3.05) is 9.80 Å². The van der Waals surface area contributed by atoms with Gasteiger partial charge in [-0.1, -0.05) is 198 Å². The third kappa shape index (κ3) is 7.03. The Bertz CT molecular complexity index is 3540. The van der Waals surface area contributed by atoms with E-state index in [1.807, 2.05) is 11.3 Å². The van der Waals surface area contributed by atoms with Gasteiger partial charge in [0.15, 0.2) is 0 Å². The monoisotopic (exact) mass is 926 g/mol. The Balaban J connectivity index is 1.30. The fourth-order valence-corrected chi connectivity index (χ4v) is 12.6. The molecule has 0 fully saturated rings. The summed E-state index contributed by atoms with van der Waals surface area (Å²) >= 11 is 1.89. The predicted octanol–water partition coefficient (Wildman–Crippen LogP) is 17.3. The Morgan fingerprint density at radius 3 is 1.26 bits per heavy atom. The number of hydrogen-bond acceptors (Lipinski definition) is 3. The Labute approximate surface area is 419 Å². The van der Waals surface area contributed by atoms with Crippen molar-refractivity contribution < 1.29 is 0 Å². The molecule has 0 radical (unpaired) electrons. The number of thiophene rings is 1. The summed E-state index contributed by atoms with van der Waals surface area (Å²) in [5, 5.41) is 7.65. The van der Waals surface area contributed by atoms with Crippen molar-refractivity contribution in [2.45, 2.75) is 105 Å². The molecule has 9 aromatic carbocycles. The van der Waals surface area contributed by atoms with E-state index in [1.54, 1.807) is 0 Å². The van der Waals surface area contributed by atoms with Gasteiger partial charge in [0.05, 0.1) is 0 Å². The summed E-state index contributed by atoms with van der Waals surface area (Å²) in [7, 11) is 0. The number of hydrogen-bond donors (Lipinski definition) is 0. The SMILES string of the molecule is CC(C)(C)c1cc(N2c3cc(-c4cccc5sc6ccccc6c45)cc4c3B(c3ccc5ccccc5c32)c2ccc3ccccc3c2N4c2cc(C(C)(C)C)cc(C(C)(C)C)c2)cc(C(C)(C)C)c1. The van der Waals surface area contributed by atoms with E-state index in [1.165, 1.54) is 126 Å². The van der Waals surface area contributed by atoms with E-state index in [-0.39, 0.29) is 28.4 Å². The number of benzene rings is 9. The zero-order valence-corrected chi connectivity index (χ0v) is 43.8. The van der Waals surface area contributed by atoms with E-state index in [0.717, 1.165) is 0 Å². The van der Waals surface area contributed by atoms with E-state index in [0.29, 0.717) is 0 Å². The molecule has 0 aliphatic carbocycles. The second-order valence-electron chi connectivity index (χ2n) is 24.3. The molecule has 1 aromatic heterocycles. The van der Waals surface area contributed by atoms with Crippen molar-refractivity contribution in [2.24, 2.45) is 0 Å². The van der Waals surface area contributed by atoms with Gasteiger partial charge in [-0.05, 0) is 131 Å². The molecular formula is C66H63BN2S. The Morgan fingerprint density at radius 1 is 0.386 bits per heavy atom. The average molecular weight is 927 g/mol. The zero-order chi connectivity index (χ0) is 48.8. The molecule has 0 saturated heterocycles. The van der Waals surface area contributed by atoms with E-state index in [9.17, 15) is 0 Å². The van der Waals surface area contributed by atoms with Gasteiger partial charge in [0, 0.05) is 65.1 Å². The van der Waals surface area contributed by atoms with Gasteiger partial charge < -0.3 is 9.80 Å². The molecule has 10 aromatic rings. The summed E-state index contributed by atoms with van der Waals surface area (Å²) in [5.74, 6) is 0. The molecule has 2 aliphatic heterocycles. The molecule has 70 heavy (non-hydrogen) atoms. The minimum Gasteiger partial charge on any atom is -0.311 e. The van der Waals surface area contributed by atoms with Gasteiger partial charge >= 0.3 is 0 Å². The Kier molecular flexibility index (Phi) is 9.83. The van der Waals surface area contributed by atoms with E-state index >= 15 is 0 Å². The minimum atomic E-state index is -0.0769. The summed E-state index contributed by atoms with van der Waals surface area (Å²) in [6, 6.07) is 63.8. The maximum absolute atomic E-state index is 2.68. The van der Waals surface area contributed by atoms with Crippen LogP contribution in [0.4, 0.5) is 34.1 Å². The third-order valence-electron chi connectivity index (χ3n) is 15.4. The highest BCUT2D eigenvalue weighted by Gasteiger charge is 2.45. The lowest BCUT2D eigenvalue weighted by molar-refractivity contribution is 0.568. The lowest BCUT2D eigenvalue weighted by Gasteiger charge is -2.46. The predicted molar refractivity (Wildman–Crippen MR) is 309 cm³/mol. The second-order valence-corrected chi connectivity index (χ2v) is 25.4. The minimum absolute atomic E-state index is 0.0377. The molecule has 0 N–H and O–H groups in total.